The van der Waals surface area contributed by atoms with Gasteiger partial charge in [-0.15, -0.1) is 5.10 Å². The molecule has 1 amide bonds. The van der Waals surface area contributed by atoms with E-state index in [4.69, 9.17) is 4.74 Å². The number of nitrogens with zero attached hydrogens (tertiary/aromatic N) is 4. The van der Waals surface area contributed by atoms with E-state index in [9.17, 15) is 13.2 Å². The highest BCUT2D eigenvalue weighted by Gasteiger charge is 2.27. The standard InChI is InChI=1S/C21H25N5O4S/c1-30-17-6-4-5-16(13-17)15-22-21(27)9-12-26-20-8-7-18(14-19(20)23-24-26)31(28,29)25-10-2-3-11-25/h4-8,13-14H,2-3,9-12,15H2,1H3,(H,22,27). The summed E-state index contributed by atoms with van der Waals surface area (Å²) in [6.07, 6.45) is 2.01. The second-order valence-electron chi connectivity index (χ2n) is 7.45. The number of methoxy groups -OCH3 is 1. The molecule has 1 saturated heterocycles. The number of carbonyl (C=O) groups excluding carboxylic acids is 1. The second-order valence-corrected chi connectivity index (χ2v) is 9.39. The van der Waals surface area contributed by atoms with Crippen molar-refractivity contribution in [2.75, 3.05) is 20.2 Å². The quantitative estimate of drug-likeness (QED) is 0.570. The van der Waals surface area contributed by atoms with Crippen LogP contribution in [0, 0.1) is 0 Å². The Hall–Kier alpha value is -2.98. The lowest BCUT2D eigenvalue weighted by molar-refractivity contribution is -0.121. The van der Waals surface area contributed by atoms with Crippen molar-refractivity contribution >= 4 is 27.0 Å². The van der Waals surface area contributed by atoms with Crippen LogP contribution in [0.1, 0.15) is 24.8 Å². The van der Waals surface area contributed by atoms with Crippen molar-refractivity contribution in [3.05, 3.63) is 48.0 Å². The van der Waals surface area contributed by atoms with Crippen LogP contribution in [0.5, 0.6) is 5.75 Å². The van der Waals surface area contributed by atoms with E-state index < -0.39 is 10.0 Å². The van der Waals surface area contributed by atoms with Gasteiger partial charge in [0, 0.05) is 26.1 Å². The lowest BCUT2D eigenvalue weighted by Crippen LogP contribution is -2.27. The topological polar surface area (TPSA) is 106 Å². The summed E-state index contributed by atoms with van der Waals surface area (Å²) >= 11 is 0. The number of carbonyl (C=O) groups is 1. The van der Waals surface area contributed by atoms with E-state index in [1.54, 1.807) is 30.0 Å². The molecule has 1 N–H and O–H groups in total. The summed E-state index contributed by atoms with van der Waals surface area (Å²) in [6.45, 7) is 1.86. The first kappa shape index (κ1) is 21.3. The van der Waals surface area contributed by atoms with Gasteiger partial charge in [0.15, 0.2) is 0 Å². The molecule has 10 heteroatoms. The van der Waals surface area contributed by atoms with E-state index >= 15 is 0 Å². The number of rotatable bonds is 8. The van der Waals surface area contributed by atoms with Crippen LogP contribution in [0.4, 0.5) is 0 Å². The van der Waals surface area contributed by atoms with Gasteiger partial charge in [-0.1, -0.05) is 17.3 Å². The minimum absolute atomic E-state index is 0.111. The molecule has 1 aromatic heterocycles. The lowest BCUT2D eigenvalue weighted by Gasteiger charge is -2.15. The smallest absolute Gasteiger partial charge is 0.243 e. The summed E-state index contributed by atoms with van der Waals surface area (Å²) in [5.41, 5.74) is 2.14. The number of aromatic nitrogens is 3. The van der Waals surface area contributed by atoms with Crippen LogP contribution >= 0.6 is 0 Å². The number of hydrogen-bond acceptors (Lipinski definition) is 6. The number of fused-ring (bicyclic) bond motifs is 1. The summed E-state index contributed by atoms with van der Waals surface area (Å²) in [5, 5.41) is 11.1. The maximum absolute atomic E-state index is 12.7. The van der Waals surface area contributed by atoms with Gasteiger partial charge in [-0.2, -0.15) is 4.31 Å². The third-order valence-corrected chi connectivity index (χ3v) is 7.26. The Morgan fingerprint density at radius 3 is 2.74 bits per heavy atom. The fraction of sp³-hybridized carbons (Fsp3) is 0.381. The highest BCUT2D eigenvalue weighted by molar-refractivity contribution is 7.89. The second kappa shape index (κ2) is 9.03. The average Bonchev–Trinajstić information content (AvgIpc) is 3.46. The number of benzene rings is 2. The molecule has 9 nitrogen and oxygen atoms in total. The Morgan fingerprint density at radius 1 is 1.16 bits per heavy atom. The van der Waals surface area contributed by atoms with Crippen molar-refractivity contribution in [1.29, 1.82) is 0 Å². The Kier molecular flexibility index (Phi) is 6.19. The number of aryl methyl sites for hydroxylation is 1. The van der Waals surface area contributed by atoms with E-state index in [1.807, 2.05) is 24.3 Å². The van der Waals surface area contributed by atoms with Crippen LogP contribution in [-0.4, -0.2) is 53.8 Å². The molecular weight excluding hydrogens is 418 g/mol. The van der Waals surface area contributed by atoms with E-state index in [0.717, 1.165) is 24.2 Å². The molecule has 0 atom stereocenters. The first-order valence-corrected chi connectivity index (χ1v) is 11.6. The summed E-state index contributed by atoms with van der Waals surface area (Å²) in [6, 6.07) is 12.4. The predicted molar refractivity (Wildman–Crippen MR) is 115 cm³/mol. The van der Waals surface area contributed by atoms with Crippen molar-refractivity contribution in [1.82, 2.24) is 24.6 Å². The van der Waals surface area contributed by atoms with Crippen LogP contribution in [0.2, 0.25) is 0 Å². The zero-order chi connectivity index (χ0) is 21.8. The third-order valence-electron chi connectivity index (χ3n) is 5.36. The lowest BCUT2D eigenvalue weighted by atomic mass is 10.2. The molecule has 4 rings (SSSR count). The number of ether oxygens (including phenoxy) is 1. The van der Waals surface area contributed by atoms with Gasteiger partial charge in [0.05, 0.1) is 24.1 Å². The van der Waals surface area contributed by atoms with Crippen molar-refractivity contribution in [3.63, 3.8) is 0 Å². The molecule has 1 fully saturated rings. The van der Waals surface area contributed by atoms with Gasteiger partial charge in [-0.05, 0) is 48.7 Å². The molecule has 1 aliphatic heterocycles. The largest absolute Gasteiger partial charge is 0.497 e. The summed E-state index contributed by atoms with van der Waals surface area (Å²) in [5.74, 6) is 0.631. The molecule has 0 bridgehead atoms. The zero-order valence-electron chi connectivity index (χ0n) is 17.3. The molecule has 0 aliphatic carbocycles. The molecule has 0 saturated carbocycles. The predicted octanol–water partition coefficient (Wildman–Crippen LogP) is 1.93. The first-order valence-electron chi connectivity index (χ1n) is 10.2. The van der Waals surface area contributed by atoms with Crippen LogP contribution < -0.4 is 10.1 Å². The molecule has 3 aromatic rings. The van der Waals surface area contributed by atoms with Crippen molar-refractivity contribution < 1.29 is 17.9 Å². The summed E-state index contributed by atoms with van der Waals surface area (Å²) in [4.78, 5) is 12.5. The molecule has 164 valence electrons. The fourth-order valence-corrected chi connectivity index (χ4v) is 5.17. The highest BCUT2D eigenvalue weighted by atomic mass is 32.2. The average molecular weight is 444 g/mol. The molecule has 1 aliphatic rings. The van der Waals surface area contributed by atoms with Gasteiger partial charge in [0.2, 0.25) is 15.9 Å². The van der Waals surface area contributed by atoms with Gasteiger partial charge in [-0.25, -0.2) is 13.1 Å². The van der Waals surface area contributed by atoms with Crippen LogP contribution in [0.3, 0.4) is 0 Å². The van der Waals surface area contributed by atoms with Crippen LogP contribution in [-0.2, 0) is 27.9 Å². The number of sulfonamides is 1. The molecular formula is C21H25N5O4S. The third kappa shape index (κ3) is 4.70. The maximum atomic E-state index is 12.7. The normalized spacial score (nSPS) is 14.7. The summed E-state index contributed by atoms with van der Waals surface area (Å²) < 4.78 is 33.8. The Morgan fingerprint density at radius 2 is 1.97 bits per heavy atom. The van der Waals surface area contributed by atoms with Crippen LogP contribution in [0.15, 0.2) is 47.4 Å². The minimum atomic E-state index is -3.50. The van der Waals surface area contributed by atoms with E-state index in [2.05, 4.69) is 15.6 Å². The molecule has 31 heavy (non-hydrogen) atoms. The Bertz CT molecular complexity index is 1190. The number of nitrogens with one attached hydrogen (secondary N) is 1. The number of amides is 1. The van der Waals surface area contributed by atoms with Crippen LogP contribution in [0.25, 0.3) is 11.0 Å². The van der Waals surface area contributed by atoms with Gasteiger partial charge in [0.25, 0.3) is 0 Å². The maximum Gasteiger partial charge on any atom is 0.243 e. The van der Waals surface area contributed by atoms with Gasteiger partial charge >= 0.3 is 0 Å². The molecule has 0 radical (unpaired) electrons. The Labute approximate surface area is 181 Å². The molecule has 0 unspecified atom stereocenters. The SMILES string of the molecule is COc1cccc(CNC(=O)CCn2nnc3cc(S(=O)(=O)N4CCCC4)ccc32)c1. The van der Waals surface area contributed by atoms with E-state index in [-0.39, 0.29) is 17.2 Å². The molecule has 2 aromatic carbocycles. The zero-order valence-corrected chi connectivity index (χ0v) is 18.1. The highest BCUT2D eigenvalue weighted by Crippen LogP contribution is 2.23. The first-order chi connectivity index (χ1) is 15.0. The fourth-order valence-electron chi connectivity index (χ4n) is 3.63. The number of hydrogen-bond donors (Lipinski definition) is 1. The molecule has 2 heterocycles. The molecule has 0 spiro atoms. The van der Waals surface area contributed by atoms with E-state index in [0.29, 0.717) is 37.2 Å². The summed E-state index contributed by atoms with van der Waals surface area (Å²) in [7, 11) is -1.90. The van der Waals surface area contributed by atoms with Crippen molar-refractivity contribution in [2.24, 2.45) is 0 Å². The van der Waals surface area contributed by atoms with Gasteiger partial charge < -0.3 is 10.1 Å². The van der Waals surface area contributed by atoms with Gasteiger partial charge in [-0.3, -0.25) is 4.79 Å². The Balaban J connectivity index is 1.38. The monoisotopic (exact) mass is 443 g/mol. The van der Waals surface area contributed by atoms with E-state index in [1.165, 1.54) is 4.31 Å². The van der Waals surface area contributed by atoms with Gasteiger partial charge in [0.1, 0.15) is 11.3 Å². The van der Waals surface area contributed by atoms with Crippen molar-refractivity contribution in [3.8, 4) is 5.75 Å². The minimum Gasteiger partial charge on any atom is -0.497 e. The van der Waals surface area contributed by atoms with Crippen molar-refractivity contribution in [2.45, 2.75) is 37.2 Å².